The van der Waals surface area contributed by atoms with E-state index in [1.165, 1.54) is 6.20 Å². The molecule has 2 rings (SSSR count). The molecule has 0 saturated heterocycles. The third-order valence-corrected chi connectivity index (χ3v) is 3.74. The van der Waals surface area contributed by atoms with Crippen LogP contribution in [0, 0.1) is 0 Å². The summed E-state index contributed by atoms with van der Waals surface area (Å²) < 4.78 is 0.725. The van der Waals surface area contributed by atoms with Crippen molar-refractivity contribution in [1.82, 2.24) is 4.98 Å². The lowest BCUT2D eigenvalue weighted by Gasteiger charge is -2.09. The summed E-state index contributed by atoms with van der Waals surface area (Å²) in [6.45, 7) is -0.167. The first-order valence-corrected chi connectivity index (χ1v) is 6.59. The van der Waals surface area contributed by atoms with Crippen LogP contribution >= 0.6 is 27.5 Å². The Morgan fingerprint density at radius 3 is 2.89 bits per heavy atom. The van der Waals surface area contributed by atoms with E-state index in [-0.39, 0.29) is 12.5 Å². The predicted octanol–water partition coefficient (Wildman–Crippen LogP) is 3.24. The highest BCUT2D eigenvalue weighted by molar-refractivity contribution is 9.10. The average Bonchev–Trinajstić information content (AvgIpc) is 2.42. The summed E-state index contributed by atoms with van der Waals surface area (Å²) in [5.74, 6) is -0.308. The van der Waals surface area contributed by atoms with E-state index in [2.05, 4.69) is 26.2 Å². The number of aromatic nitrogens is 1. The topological polar surface area (TPSA) is 62.2 Å². The van der Waals surface area contributed by atoms with Gasteiger partial charge in [-0.3, -0.25) is 9.78 Å². The van der Waals surface area contributed by atoms with Gasteiger partial charge >= 0.3 is 0 Å². The molecule has 1 aromatic carbocycles. The van der Waals surface area contributed by atoms with Crippen molar-refractivity contribution in [3.05, 3.63) is 57.3 Å². The van der Waals surface area contributed by atoms with Crippen LogP contribution in [-0.4, -0.2) is 16.0 Å². The molecule has 0 atom stereocenters. The molecule has 0 fully saturated rings. The molecule has 2 aromatic rings. The van der Waals surface area contributed by atoms with Gasteiger partial charge in [-0.25, -0.2) is 0 Å². The van der Waals surface area contributed by atoms with E-state index in [0.29, 0.717) is 21.8 Å². The molecule has 19 heavy (non-hydrogen) atoms. The van der Waals surface area contributed by atoms with Crippen LogP contribution in [0.1, 0.15) is 15.9 Å². The molecule has 6 heteroatoms. The maximum atomic E-state index is 12.1. The van der Waals surface area contributed by atoms with Crippen LogP contribution in [0.25, 0.3) is 0 Å². The summed E-state index contributed by atoms with van der Waals surface area (Å²) in [7, 11) is 0. The largest absolute Gasteiger partial charge is 0.392 e. The minimum Gasteiger partial charge on any atom is -0.392 e. The number of carbonyl (C=O) groups excluding carboxylic acids is 1. The van der Waals surface area contributed by atoms with Gasteiger partial charge in [-0.15, -0.1) is 0 Å². The first-order chi connectivity index (χ1) is 9.11. The molecule has 1 amide bonds. The Kier molecular flexibility index (Phi) is 4.52. The number of hydrogen-bond acceptors (Lipinski definition) is 3. The average molecular weight is 342 g/mol. The lowest BCUT2D eigenvalue weighted by atomic mass is 10.2. The lowest BCUT2D eigenvalue weighted by molar-refractivity contribution is 0.102. The van der Waals surface area contributed by atoms with Gasteiger partial charge in [0, 0.05) is 21.8 Å². The molecular weight excluding hydrogens is 332 g/mol. The molecule has 98 valence electrons. The third kappa shape index (κ3) is 3.32. The van der Waals surface area contributed by atoms with Crippen LogP contribution in [0.5, 0.6) is 0 Å². The van der Waals surface area contributed by atoms with Crippen LogP contribution in [-0.2, 0) is 6.61 Å². The number of halogens is 2. The number of hydrogen-bond donors (Lipinski definition) is 2. The lowest BCUT2D eigenvalue weighted by Crippen LogP contribution is -2.13. The van der Waals surface area contributed by atoms with E-state index >= 15 is 0 Å². The smallest absolute Gasteiger partial charge is 0.255 e. The number of carbonyl (C=O) groups is 1. The zero-order valence-electron chi connectivity index (χ0n) is 9.73. The summed E-state index contributed by atoms with van der Waals surface area (Å²) in [4.78, 5) is 16.0. The van der Waals surface area contributed by atoms with Crippen molar-refractivity contribution in [3.63, 3.8) is 0 Å². The Balaban J connectivity index is 2.23. The number of nitrogens with one attached hydrogen (secondary N) is 1. The highest BCUT2D eigenvalue weighted by atomic mass is 79.9. The number of aliphatic hydroxyl groups is 1. The van der Waals surface area contributed by atoms with Crippen molar-refractivity contribution in [2.75, 3.05) is 5.32 Å². The maximum Gasteiger partial charge on any atom is 0.255 e. The highest BCUT2D eigenvalue weighted by Gasteiger charge is 2.10. The molecule has 2 N–H and O–H groups in total. The van der Waals surface area contributed by atoms with Gasteiger partial charge in [0.25, 0.3) is 5.91 Å². The van der Waals surface area contributed by atoms with Gasteiger partial charge < -0.3 is 10.4 Å². The second kappa shape index (κ2) is 6.14. The van der Waals surface area contributed by atoms with Crippen LogP contribution in [0.2, 0.25) is 5.02 Å². The van der Waals surface area contributed by atoms with Crippen LogP contribution in [0.3, 0.4) is 0 Å². The van der Waals surface area contributed by atoms with E-state index < -0.39 is 0 Å². The number of rotatable bonds is 3. The molecular formula is C13H10BrClN2O2. The molecule has 0 bridgehead atoms. The second-order valence-corrected chi connectivity index (χ2v) is 5.04. The van der Waals surface area contributed by atoms with Crippen molar-refractivity contribution in [2.45, 2.75) is 6.61 Å². The first-order valence-electron chi connectivity index (χ1n) is 5.42. The Morgan fingerprint density at radius 1 is 1.42 bits per heavy atom. The summed E-state index contributed by atoms with van der Waals surface area (Å²) in [5.41, 5.74) is 1.52. The molecule has 0 spiro atoms. The minimum atomic E-state index is -0.308. The number of pyridine rings is 1. The number of aliphatic hydroxyl groups excluding tert-OH is 1. The molecule has 1 heterocycles. The van der Waals surface area contributed by atoms with Gasteiger partial charge in [0.1, 0.15) is 0 Å². The fourth-order valence-corrected chi connectivity index (χ4v) is 1.93. The Morgan fingerprint density at radius 2 is 2.21 bits per heavy atom. The van der Waals surface area contributed by atoms with Crippen molar-refractivity contribution in [2.24, 2.45) is 0 Å². The van der Waals surface area contributed by atoms with E-state index in [9.17, 15) is 9.90 Å². The first kappa shape index (κ1) is 14.0. The number of nitrogens with zero attached hydrogens (tertiary/aromatic N) is 1. The van der Waals surface area contributed by atoms with Crippen LogP contribution in [0.15, 0.2) is 41.1 Å². The number of amides is 1. The molecule has 0 aliphatic heterocycles. The van der Waals surface area contributed by atoms with Gasteiger partial charge in [0.05, 0.1) is 23.5 Å². The molecule has 0 aliphatic rings. The maximum absolute atomic E-state index is 12.1. The van der Waals surface area contributed by atoms with E-state index in [1.807, 2.05) is 0 Å². The number of benzene rings is 1. The second-order valence-electron chi connectivity index (χ2n) is 3.77. The summed E-state index contributed by atoms with van der Waals surface area (Å²) >= 11 is 9.20. The summed E-state index contributed by atoms with van der Waals surface area (Å²) in [6.07, 6.45) is 3.04. The Hall–Kier alpha value is -1.43. The van der Waals surface area contributed by atoms with Crippen molar-refractivity contribution in [1.29, 1.82) is 0 Å². The van der Waals surface area contributed by atoms with Gasteiger partial charge in [-0.1, -0.05) is 11.6 Å². The van der Waals surface area contributed by atoms with E-state index in [4.69, 9.17) is 11.6 Å². The molecule has 0 unspecified atom stereocenters. The molecule has 0 radical (unpaired) electrons. The molecule has 4 nitrogen and oxygen atoms in total. The molecule has 0 saturated carbocycles. The van der Waals surface area contributed by atoms with E-state index in [1.54, 1.807) is 30.5 Å². The fraction of sp³-hybridized carbons (Fsp3) is 0.0769. The minimum absolute atomic E-state index is 0.167. The SMILES string of the molecule is O=C(Nc1cnccc1CO)c1ccc(Br)c(Cl)c1. The van der Waals surface area contributed by atoms with E-state index in [0.717, 1.165) is 4.47 Å². The zero-order valence-corrected chi connectivity index (χ0v) is 12.1. The van der Waals surface area contributed by atoms with Crippen LogP contribution in [0.4, 0.5) is 5.69 Å². The molecule has 0 aliphatic carbocycles. The summed E-state index contributed by atoms with van der Waals surface area (Å²) in [5, 5.41) is 12.3. The quantitative estimate of drug-likeness (QED) is 0.901. The standard InChI is InChI=1S/C13H10BrClN2O2/c14-10-2-1-8(5-11(10)15)13(19)17-12-6-16-4-3-9(12)7-18/h1-6,18H,7H2,(H,17,19). The third-order valence-electron chi connectivity index (χ3n) is 2.51. The fourth-order valence-electron chi connectivity index (χ4n) is 1.51. The highest BCUT2D eigenvalue weighted by Crippen LogP contribution is 2.24. The van der Waals surface area contributed by atoms with Gasteiger partial charge in [0.15, 0.2) is 0 Å². The van der Waals surface area contributed by atoms with Gasteiger partial charge in [-0.2, -0.15) is 0 Å². The van der Waals surface area contributed by atoms with Crippen molar-refractivity contribution >= 4 is 39.1 Å². The van der Waals surface area contributed by atoms with Gasteiger partial charge in [0.2, 0.25) is 0 Å². The monoisotopic (exact) mass is 340 g/mol. The predicted molar refractivity (Wildman–Crippen MR) is 77.3 cm³/mol. The summed E-state index contributed by atoms with van der Waals surface area (Å²) in [6, 6.07) is 6.56. The Labute approximate surface area is 123 Å². The van der Waals surface area contributed by atoms with Crippen molar-refractivity contribution < 1.29 is 9.90 Å². The van der Waals surface area contributed by atoms with Crippen LogP contribution < -0.4 is 5.32 Å². The Bertz CT molecular complexity index is 619. The van der Waals surface area contributed by atoms with Crippen molar-refractivity contribution in [3.8, 4) is 0 Å². The zero-order chi connectivity index (χ0) is 13.8. The normalized spacial score (nSPS) is 10.3. The molecule has 1 aromatic heterocycles. The van der Waals surface area contributed by atoms with Gasteiger partial charge in [-0.05, 0) is 40.2 Å². The number of anilines is 1.